The van der Waals surface area contributed by atoms with Gasteiger partial charge in [-0.3, -0.25) is 9.48 Å². The van der Waals surface area contributed by atoms with Crippen LogP contribution in [0.15, 0.2) is 30.5 Å². The van der Waals surface area contributed by atoms with Gasteiger partial charge >= 0.3 is 0 Å². The Balaban J connectivity index is 2.07. The van der Waals surface area contributed by atoms with Crippen molar-refractivity contribution in [1.29, 1.82) is 0 Å². The lowest BCUT2D eigenvalue weighted by molar-refractivity contribution is 0.100. The van der Waals surface area contributed by atoms with E-state index in [1.165, 1.54) is 5.56 Å². The van der Waals surface area contributed by atoms with Gasteiger partial charge in [-0.2, -0.15) is 5.10 Å². The average Bonchev–Trinajstić information content (AvgIpc) is 2.78. The molecule has 5 nitrogen and oxygen atoms in total. The van der Waals surface area contributed by atoms with Crippen molar-refractivity contribution in [1.82, 2.24) is 9.78 Å². The molecule has 0 aliphatic heterocycles. The molecule has 20 heavy (non-hydrogen) atoms. The van der Waals surface area contributed by atoms with Gasteiger partial charge in [0.15, 0.2) is 0 Å². The smallest absolute Gasteiger partial charge is 0.248 e. The van der Waals surface area contributed by atoms with Crippen molar-refractivity contribution in [3.63, 3.8) is 0 Å². The number of carbonyl (C=O) groups excluding carboxylic acids is 1. The van der Waals surface area contributed by atoms with E-state index in [0.717, 1.165) is 11.4 Å². The highest BCUT2D eigenvalue weighted by Gasteiger charge is 2.11. The van der Waals surface area contributed by atoms with Gasteiger partial charge in [-0.15, -0.1) is 0 Å². The molecule has 106 valence electrons. The topological polar surface area (TPSA) is 72.9 Å². The normalized spacial score (nSPS) is 10.8. The number of rotatable bonds is 5. The monoisotopic (exact) mass is 272 g/mol. The molecule has 0 saturated carbocycles. The lowest BCUT2D eigenvalue weighted by atomic mass is 10.1. The van der Waals surface area contributed by atoms with Crippen LogP contribution >= 0.6 is 0 Å². The maximum Gasteiger partial charge on any atom is 0.248 e. The van der Waals surface area contributed by atoms with Gasteiger partial charge in [0, 0.05) is 36.6 Å². The Labute approximate surface area is 118 Å². The van der Waals surface area contributed by atoms with E-state index in [1.807, 2.05) is 30.1 Å². The molecular formula is C15H20N4O. The fourth-order valence-corrected chi connectivity index (χ4v) is 2.13. The summed E-state index contributed by atoms with van der Waals surface area (Å²) in [5, 5.41) is 7.81. The van der Waals surface area contributed by atoms with Crippen LogP contribution in [0.3, 0.4) is 0 Å². The van der Waals surface area contributed by atoms with Crippen molar-refractivity contribution < 1.29 is 4.79 Å². The van der Waals surface area contributed by atoms with Crippen molar-refractivity contribution in [3.05, 3.63) is 47.3 Å². The van der Waals surface area contributed by atoms with Crippen molar-refractivity contribution in [2.75, 3.05) is 5.32 Å². The van der Waals surface area contributed by atoms with E-state index in [2.05, 4.69) is 24.3 Å². The van der Waals surface area contributed by atoms with E-state index in [-0.39, 0.29) is 0 Å². The van der Waals surface area contributed by atoms with Crippen molar-refractivity contribution >= 4 is 11.6 Å². The van der Waals surface area contributed by atoms with E-state index < -0.39 is 5.91 Å². The molecule has 2 rings (SSSR count). The Bertz CT molecular complexity index is 599. The second kappa shape index (κ2) is 5.77. The van der Waals surface area contributed by atoms with Gasteiger partial charge in [0.05, 0.1) is 5.69 Å². The summed E-state index contributed by atoms with van der Waals surface area (Å²) < 4.78 is 1.84. The van der Waals surface area contributed by atoms with Gasteiger partial charge in [0.25, 0.3) is 0 Å². The van der Waals surface area contributed by atoms with Crippen LogP contribution in [0, 0.1) is 0 Å². The first-order valence-corrected chi connectivity index (χ1v) is 6.63. The van der Waals surface area contributed by atoms with Crippen LogP contribution in [0.25, 0.3) is 0 Å². The highest BCUT2D eigenvalue weighted by molar-refractivity contribution is 5.93. The predicted octanol–water partition coefficient (Wildman–Crippen LogP) is 2.25. The van der Waals surface area contributed by atoms with Gasteiger partial charge in [-0.05, 0) is 30.2 Å². The first-order valence-electron chi connectivity index (χ1n) is 6.63. The molecule has 2 aromatic rings. The number of primary amides is 1. The summed E-state index contributed by atoms with van der Waals surface area (Å²) in [6.07, 6.45) is 2.03. The predicted molar refractivity (Wildman–Crippen MR) is 79.6 cm³/mol. The fourth-order valence-electron chi connectivity index (χ4n) is 2.13. The minimum atomic E-state index is -0.411. The Morgan fingerprint density at radius 3 is 2.55 bits per heavy atom. The lowest BCUT2D eigenvalue weighted by Gasteiger charge is -2.08. The molecule has 3 N–H and O–H groups in total. The van der Waals surface area contributed by atoms with Crippen molar-refractivity contribution in [2.45, 2.75) is 26.3 Å². The van der Waals surface area contributed by atoms with Gasteiger partial charge in [0.1, 0.15) is 0 Å². The van der Waals surface area contributed by atoms with Crippen LogP contribution in [0.4, 0.5) is 5.69 Å². The third-order valence-electron chi connectivity index (χ3n) is 3.14. The third-order valence-corrected chi connectivity index (χ3v) is 3.14. The van der Waals surface area contributed by atoms with Crippen LogP contribution in [-0.2, 0) is 13.6 Å². The maximum absolute atomic E-state index is 11.0. The standard InChI is InChI=1S/C15H20N4O/c1-10(2)14-12(9-19(3)18-14)8-17-13-6-4-11(5-7-13)15(16)20/h4-7,9-10,17H,8H2,1-3H3,(H2,16,20). The third kappa shape index (κ3) is 3.17. The highest BCUT2D eigenvalue weighted by Crippen LogP contribution is 2.19. The molecule has 0 saturated heterocycles. The molecule has 1 aromatic heterocycles. The number of carbonyl (C=O) groups is 1. The molecule has 0 radical (unpaired) electrons. The maximum atomic E-state index is 11.0. The second-order valence-corrected chi connectivity index (χ2v) is 5.16. The van der Waals surface area contributed by atoms with E-state index in [1.54, 1.807) is 12.1 Å². The van der Waals surface area contributed by atoms with E-state index in [0.29, 0.717) is 18.0 Å². The van der Waals surface area contributed by atoms with Crippen LogP contribution in [0.5, 0.6) is 0 Å². The summed E-state index contributed by atoms with van der Waals surface area (Å²) in [5.74, 6) is -0.0175. The number of nitrogens with two attached hydrogens (primary N) is 1. The minimum Gasteiger partial charge on any atom is -0.381 e. The molecule has 1 heterocycles. The Hall–Kier alpha value is -2.30. The SMILES string of the molecule is CC(C)c1nn(C)cc1CNc1ccc(C(N)=O)cc1. The van der Waals surface area contributed by atoms with Gasteiger partial charge in [-0.25, -0.2) is 0 Å². The zero-order chi connectivity index (χ0) is 14.7. The molecule has 1 amide bonds. The zero-order valence-electron chi connectivity index (χ0n) is 12.1. The van der Waals surface area contributed by atoms with Crippen molar-refractivity contribution in [2.24, 2.45) is 12.8 Å². The number of hydrogen-bond donors (Lipinski definition) is 2. The van der Waals surface area contributed by atoms with Crippen LogP contribution < -0.4 is 11.1 Å². The summed E-state index contributed by atoms with van der Waals surface area (Å²) in [6.45, 7) is 4.97. The molecule has 0 spiro atoms. The number of amides is 1. The van der Waals surface area contributed by atoms with Crippen molar-refractivity contribution in [3.8, 4) is 0 Å². The number of nitrogens with one attached hydrogen (secondary N) is 1. The van der Waals surface area contributed by atoms with Gasteiger partial charge in [-0.1, -0.05) is 13.8 Å². The van der Waals surface area contributed by atoms with Crippen LogP contribution in [-0.4, -0.2) is 15.7 Å². The first kappa shape index (κ1) is 14.1. The summed E-state index contributed by atoms with van der Waals surface area (Å²) in [7, 11) is 1.93. The number of nitrogens with zero attached hydrogens (tertiary/aromatic N) is 2. The van der Waals surface area contributed by atoms with Crippen LogP contribution in [0.1, 0.15) is 41.4 Å². The number of benzene rings is 1. The summed E-state index contributed by atoms with van der Waals surface area (Å²) in [6, 6.07) is 7.14. The first-order chi connectivity index (χ1) is 9.47. The quantitative estimate of drug-likeness (QED) is 0.876. The zero-order valence-corrected chi connectivity index (χ0v) is 12.1. The number of aryl methyl sites for hydroxylation is 1. The molecule has 5 heteroatoms. The Kier molecular flexibility index (Phi) is 4.08. The molecule has 0 aliphatic rings. The summed E-state index contributed by atoms with van der Waals surface area (Å²) in [5.41, 5.74) is 8.97. The molecule has 0 unspecified atom stereocenters. The molecule has 1 aromatic carbocycles. The second-order valence-electron chi connectivity index (χ2n) is 5.16. The lowest BCUT2D eigenvalue weighted by Crippen LogP contribution is -2.10. The molecule has 0 bridgehead atoms. The molecular weight excluding hydrogens is 252 g/mol. The molecule has 0 fully saturated rings. The summed E-state index contributed by atoms with van der Waals surface area (Å²) in [4.78, 5) is 11.0. The average molecular weight is 272 g/mol. The summed E-state index contributed by atoms with van der Waals surface area (Å²) >= 11 is 0. The molecule has 0 aliphatic carbocycles. The van der Waals surface area contributed by atoms with E-state index in [9.17, 15) is 4.79 Å². The number of aromatic nitrogens is 2. The number of hydrogen-bond acceptors (Lipinski definition) is 3. The number of anilines is 1. The van der Waals surface area contributed by atoms with Crippen LogP contribution in [0.2, 0.25) is 0 Å². The minimum absolute atomic E-state index is 0.394. The highest BCUT2D eigenvalue weighted by atomic mass is 16.1. The van der Waals surface area contributed by atoms with Gasteiger partial charge < -0.3 is 11.1 Å². The fraction of sp³-hybridized carbons (Fsp3) is 0.333. The largest absolute Gasteiger partial charge is 0.381 e. The van der Waals surface area contributed by atoms with E-state index in [4.69, 9.17) is 5.73 Å². The Morgan fingerprint density at radius 2 is 2.00 bits per heavy atom. The van der Waals surface area contributed by atoms with Gasteiger partial charge in [0.2, 0.25) is 5.91 Å². The molecule has 0 atom stereocenters. The van der Waals surface area contributed by atoms with E-state index >= 15 is 0 Å². The Morgan fingerprint density at radius 1 is 1.35 bits per heavy atom.